The third-order valence-corrected chi connectivity index (χ3v) is 4.64. The van der Waals surface area contributed by atoms with Crippen LogP contribution < -0.4 is 10.6 Å². The third kappa shape index (κ3) is 7.22. The molecule has 3 rings (SSSR count). The van der Waals surface area contributed by atoms with E-state index in [0.717, 1.165) is 61.9 Å². The normalized spacial score (nSPS) is 16.1. The van der Waals surface area contributed by atoms with Crippen LogP contribution in [0.15, 0.2) is 29.3 Å². The van der Waals surface area contributed by atoms with Crippen molar-refractivity contribution in [2.24, 2.45) is 4.99 Å². The smallest absolute Gasteiger partial charge is 0.191 e. The highest BCUT2D eigenvalue weighted by molar-refractivity contribution is 14.0. The quantitative estimate of drug-likeness (QED) is 0.244. The fourth-order valence-electron chi connectivity index (χ4n) is 3.35. The van der Waals surface area contributed by atoms with Crippen molar-refractivity contribution in [3.63, 3.8) is 0 Å². The zero-order chi connectivity index (χ0) is 19.8. The van der Waals surface area contributed by atoms with Crippen LogP contribution in [0.4, 0.5) is 4.39 Å². The molecule has 0 bridgehead atoms. The Morgan fingerprint density at radius 3 is 3.03 bits per heavy atom. The first-order chi connectivity index (χ1) is 13.7. The van der Waals surface area contributed by atoms with Gasteiger partial charge in [-0.2, -0.15) is 5.10 Å². The lowest BCUT2D eigenvalue weighted by Crippen LogP contribution is -2.47. The molecule has 2 aromatic rings. The van der Waals surface area contributed by atoms with Gasteiger partial charge in [-0.15, -0.1) is 24.0 Å². The number of hydrogen-bond donors (Lipinski definition) is 2. The third-order valence-electron chi connectivity index (χ3n) is 4.64. The number of nitrogens with one attached hydrogen (secondary N) is 2. The van der Waals surface area contributed by atoms with E-state index in [1.165, 1.54) is 6.07 Å². The summed E-state index contributed by atoms with van der Waals surface area (Å²) in [6, 6.07) is 7.01. The molecule has 0 fully saturated rings. The van der Waals surface area contributed by atoms with Crippen LogP contribution in [0, 0.1) is 5.82 Å². The van der Waals surface area contributed by atoms with E-state index >= 15 is 0 Å². The molecule has 1 atom stereocenters. The van der Waals surface area contributed by atoms with Crippen LogP contribution >= 0.6 is 24.0 Å². The Balaban J connectivity index is 0.00000300. The van der Waals surface area contributed by atoms with Gasteiger partial charge in [0.05, 0.1) is 6.54 Å². The summed E-state index contributed by atoms with van der Waals surface area (Å²) in [5, 5.41) is 11.3. The van der Waals surface area contributed by atoms with E-state index in [9.17, 15) is 4.39 Å². The van der Waals surface area contributed by atoms with E-state index in [2.05, 4.69) is 32.6 Å². The number of halogens is 2. The topological polar surface area (TPSA) is 76.4 Å². The summed E-state index contributed by atoms with van der Waals surface area (Å²) in [6.07, 6.45) is 3.55. The molecule has 0 amide bonds. The Labute approximate surface area is 188 Å². The van der Waals surface area contributed by atoms with Gasteiger partial charge in [-0.05, 0) is 43.9 Å². The van der Waals surface area contributed by atoms with Crippen molar-refractivity contribution in [1.82, 2.24) is 25.4 Å². The molecule has 0 spiro atoms. The van der Waals surface area contributed by atoms with Crippen molar-refractivity contribution in [3.8, 4) is 0 Å². The number of ether oxygens (including phenoxy) is 1. The first-order valence-corrected chi connectivity index (χ1v) is 9.88. The maximum atomic E-state index is 13.2. The van der Waals surface area contributed by atoms with Crippen LogP contribution in [0.5, 0.6) is 0 Å². The predicted molar refractivity (Wildman–Crippen MR) is 122 cm³/mol. The molecule has 0 saturated carbocycles. The lowest BCUT2D eigenvalue weighted by molar-refractivity contribution is 0.177. The van der Waals surface area contributed by atoms with Gasteiger partial charge in [0, 0.05) is 32.7 Å². The number of aliphatic imine (C=N–C) groups is 1. The summed E-state index contributed by atoms with van der Waals surface area (Å²) in [6.45, 7) is 4.74. The number of rotatable bonds is 8. The highest BCUT2D eigenvalue weighted by Gasteiger charge is 2.22. The van der Waals surface area contributed by atoms with Crippen molar-refractivity contribution in [2.45, 2.75) is 51.8 Å². The van der Waals surface area contributed by atoms with Crippen LogP contribution in [0.1, 0.15) is 37.0 Å². The standard InChI is InChI=1S/C20H29FN6O.HI/c1-3-22-20(23-11-5-7-15-6-4-8-16(21)12-15)24-17-9-10-19-25-18(14-28-2)26-27(19)13-17;/h4,6,8,12,17H,3,5,7,9-11,13-14H2,1-2H3,(H2,22,23,24);1H. The fourth-order valence-corrected chi connectivity index (χ4v) is 3.35. The van der Waals surface area contributed by atoms with Gasteiger partial charge in [0.15, 0.2) is 11.8 Å². The van der Waals surface area contributed by atoms with E-state index in [1.807, 2.05) is 10.7 Å². The molecular weight excluding hydrogens is 486 g/mol. The number of benzene rings is 1. The van der Waals surface area contributed by atoms with Gasteiger partial charge in [-0.1, -0.05) is 12.1 Å². The summed E-state index contributed by atoms with van der Waals surface area (Å²) in [5.74, 6) is 2.38. The van der Waals surface area contributed by atoms with Gasteiger partial charge < -0.3 is 15.4 Å². The summed E-state index contributed by atoms with van der Waals surface area (Å²) in [7, 11) is 1.65. The maximum Gasteiger partial charge on any atom is 0.191 e. The summed E-state index contributed by atoms with van der Waals surface area (Å²) < 4.78 is 20.3. The van der Waals surface area contributed by atoms with Gasteiger partial charge in [-0.3, -0.25) is 4.99 Å². The molecule has 29 heavy (non-hydrogen) atoms. The van der Waals surface area contributed by atoms with Crippen LogP contribution in [0.25, 0.3) is 0 Å². The first-order valence-electron chi connectivity index (χ1n) is 9.88. The lowest BCUT2D eigenvalue weighted by Gasteiger charge is -2.25. The highest BCUT2D eigenvalue weighted by atomic mass is 127. The molecule has 9 heteroatoms. The minimum Gasteiger partial charge on any atom is -0.377 e. The van der Waals surface area contributed by atoms with Crippen molar-refractivity contribution in [2.75, 3.05) is 20.2 Å². The van der Waals surface area contributed by atoms with Gasteiger partial charge >= 0.3 is 0 Å². The lowest BCUT2D eigenvalue weighted by atomic mass is 10.1. The average molecular weight is 516 g/mol. The van der Waals surface area contributed by atoms with Gasteiger partial charge in [0.25, 0.3) is 0 Å². The van der Waals surface area contributed by atoms with E-state index in [1.54, 1.807) is 19.2 Å². The Hall–Kier alpha value is -1.75. The number of aromatic nitrogens is 3. The molecule has 2 heterocycles. The summed E-state index contributed by atoms with van der Waals surface area (Å²) in [4.78, 5) is 9.18. The molecule has 1 unspecified atom stereocenters. The fraction of sp³-hybridized carbons (Fsp3) is 0.550. The van der Waals surface area contributed by atoms with E-state index < -0.39 is 0 Å². The zero-order valence-corrected chi connectivity index (χ0v) is 19.4. The molecule has 1 aliphatic heterocycles. The Morgan fingerprint density at radius 2 is 2.28 bits per heavy atom. The monoisotopic (exact) mass is 516 g/mol. The first kappa shape index (κ1) is 23.5. The number of fused-ring (bicyclic) bond motifs is 1. The number of guanidine groups is 1. The van der Waals surface area contributed by atoms with Crippen LogP contribution in [-0.2, 0) is 30.7 Å². The molecule has 7 nitrogen and oxygen atoms in total. The molecule has 1 aliphatic rings. The van der Waals surface area contributed by atoms with Gasteiger partial charge in [0.1, 0.15) is 18.2 Å². The predicted octanol–water partition coefficient (Wildman–Crippen LogP) is 2.68. The van der Waals surface area contributed by atoms with Crippen molar-refractivity contribution >= 4 is 29.9 Å². The van der Waals surface area contributed by atoms with Crippen molar-refractivity contribution in [3.05, 3.63) is 47.3 Å². The molecular formula is C20H30FIN6O. The second-order valence-corrected chi connectivity index (χ2v) is 6.93. The highest BCUT2D eigenvalue weighted by Crippen LogP contribution is 2.13. The molecule has 1 aromatic carbocycles. The van der Waals surface area contributed by atoms with E-state index in [0.29, 0.717) is 13.2 Å². The van der Waals surface area contributed by atoms with E-state index in [4.69, 9.17) is 4.74 Å². The van der Waals surface area contributed by atoms with Gasteiger partial charge in [0.2, 0.25) is 0 Å². The van der Waals surface area contributed by atoms with Crippen LogP contribution in [0.2, 0.25) is 0 Å². The number of methoxy groups -OCH3 is 1. The second-order valence-electron chi connectivity index (χ2n) is 6.93. The molecule has 0 aliphatic carbocycles. The molecule has 0 saturated heterocycles. The molecule has 160 valence electrons. The number of nitrogens with zero attached hydrogens (tertiary/aromatic N) is 4. The number of hydrogen-bond acceptors (Lipinski definition) is 4. The minimum absolute atomic E-state index is 0. The molecule has 2 N–H and O–H groups in total. The zero-order valence-electron chi connectivity index (χ0n) is 17.0. The molecule has 1 aromatic heterocycles. The largest absolute Gasteiger partial charge is 0.377 e. The minimum atomic E-state index is -0.186. The Morgan fingerprint density at radius 1 is 1.41 bits per heavy atom. The van der Waals surface area contributed by atoms with Crippen LogP contribution in [-0.4, -0.2) is 47.0 Å². The van der Waals surface area contributed by atoms with Crippen LogP contribution in [0.3, 0.4) is 0 Å². The summed E-state index contributed by atoms with van der Waals surface area (Å²) in [5.41, 5.74) is 1.01. The van der Waals surface area contributed by atoms with Crippen molar-refractivity contribution < 1.29 is 9.13 Å². The maximum absolute atomic E-state index is 13.2. The SMILES string of the molecule is CCNC(=NCCCc1cccc(F)c1)NC1CCc2nc(COC)nn2C1.I. The Kier molecular flexibility index (Phi) is 9.79. The summed E-state index contributed by atoms with van der Waals surface area (Å²) >= 11 is 0. The average Bonchev–Trinajstić information content (AvgIpc) is 3.07. The Bertz CT molecular complexity index is 797. The second kappa shape index (κ2) is 12.1. The van der Waals surface area contributed by atoms with E-state index in [-0.39, 0.29) is 35.8 Å². The number of aryl methyl sites for hydroxylation is 2. The van der Waals surface area contributed by atoms with Gasteiger partial charge in [-0.25, -0.2) is 14.1 Å². The molecule has 0 radical (unpaired) electrons. The van der Waals surface area contributed by atoms with Crippen molar-refractivity contribution in [1.29, 1.82) is 0 Å².